The van der Waals surface area contributed by atoms with Crippen LogP contribution in [0.4, 0.5) is 0 Å². The Morgan fingerprint density at radius 1 is 1.46 bits per heavy atom. The van der Waals surface area contributed by atoms with E-state index in [1.54, 1.807) is 11.8 Å². The summed E-state index contributed by atoms with van der Waals surface area (Å²) in [5, 5.41) is 3.25. The Balaban J connectivity index is 2.95. The van der Waals surface area contributed by atoms with Gasteiger partial charge in [0.25, 0.3) is 0 Å². The van der Waals surface area contributed by atoms with Crippen molar-refractivity contribution >= 4 is 17.7 Å². The first-order valence-electron chi connectivity index (χ1n) is 4.66. The van der Waals surface area contributed by atoms with E-state index >= 15 is 0 Å². The molecule has 4 heteroatoms. The van der Waals surface area contributed by atoms with Crippen molar-refractivity contribution < 1.29 is 9.53 Å². The molecule has 0 atom stereocenters. The molecule has 0 fully saturated rings. The molecule has 0 rings (SSSR count). The molecule has 3 nitrogen and oxygen atoms in total. The number of esters is 1. The Hall–Kier alpha value is -0.220. The van der Waals surface area contributed by atoms with Gasteiger partial charge in [-0.2, -0.15) is 11.8 Å². The van der Waals surface area contributed by atoms with Crippen molar-refractivity contribution in [3.05, 3.63) is 0 Å². The highest BCUT2D eigenvalue weighted by Gasteiger charge is 1.98. The van der Waals surface area contributed by atoms with E-state index < -0.39 is 0 Å². The lowest BCUT2D eigenvalue weighted by molar-refractivity contribution is -0.140. The van der Waals surface area contributed by atoms with Crippen LogP contribution in [-0.4, -0.2) is 37.7 Å². The van der Waals surface area contributed by atoms with Crippen LogP contribution in [0.5, 0.6) is 0 Å². The van der Waals surface area contributed by atoms with Gasteiger partial charge in [0.05, 0.1) is 13.5 Å². The maximum absolute atomic E-state index is 10.7. The van der Waals surface area contributed by atoms with E-state index in [0.717, 1.165) is 24.6 Å². The van der Waals surface area contributed by atoms with E-state index in [9.17, 15) is 4.79 Å². The molecule has 0 amide bonds. The monoisotopic (exact) mass is 205 g/mol. The lowest BCUT2D eigenvalue weighted by atomic mass is 10.5. The number of rotatable bonds is 8. The van der Waals surface area contributed by atoms with Gasteiger partial charge < -0.3 is 10.1 Å². The SMILES string of the molecule is CCNCCCSCCC(=O)OC. The van der Waals surface area contributed by atoms with Crippen LogP contribution in [-0.2, 0) is 9.53 Å². The van der Waals surface area contributed by atoms with Gasteiger partial charge in [-0.25, -0.2) is 0 Å². The van der Waals surface area contributed by atoms with Crippen molar-refractivity contribution in [3.8, 4) is 0 Å². The van der Waals surface area contributed by atoms with Gasteiger partial charge in [-0.3, -0.25) is 4.79 Å². The van der Waals surface area contributed by atoms with E-state index in [1.807, 2.05) is 0 Å². The number of carbonyl (C=O) groups is 1. The van der Waals surface area contributed by atoms with E-state index in [-0.39, 0.29) is 5.97 Å². The average Bonchev–Trinajstić information content (AvgIpc) is 2.16. The van der Waals surface area contributed by atoms with Crippen LogP contribution in [0.1, 0.15) is 19.8 Å². The number of nitrogens with one attached hydrogen (secondary N) is 1. The van der Waals surface area contributed by atoms with Crippen LogP contribution >= 0.6 is 11.8 Å². The van der Waals surface area contributed by atoms with Crippen LogP contribution in [0.3, 0.4) is 0 Å². The fourth-order valence-corrected chi connectivity index (χ4v) is 1.70. The molecule has 0 spiro atoms. The normalized spacial score (nSPS) is 10.0. The van der Waals surface area contributed by atoms with Crippen molar-refractivity contribution in [2.75, 3.05) is 31.7 Å². The van der Waals surface area contributed by atoms with Crippen molar-refractivity contribution in [1.29, 1.82) is 0 Å². The zero-order valence-electron chi connectivity index (χ0n) is 8.47. The summed E-state index contributed by atoms with van der Waals surface area (Å²) in [4.78, 5) is 10.7. The minimum Gasteiger partial charge on any atom is -0.469 e. The third-order valence-corrected chi connectivity index (χ3v) is 2.64. The minimum absolute atomic E-state index is 0.112. The van der Waals surface area contributed by atoms with Crippen molar-refractivity contribution in [2.45, 2.75) is 19.8 Å². The largest absolute Gasteiger partial charge is 0.469 e. The zero-order chi connectivity index (χ0) is 9.94. The molecule has 0 aromatic heterocycles. The highest BCUT2D eigenvalue weighted by molar-refractivity contribution is 7.99. The van der Waals surface area contributed by atoms with E-state index in [0.29, 0.717) is 6.42 Å². The molecule has 13 heavy (non-hydrogen) atoms. The first kappa shape index (κ1) is 12.8. The van der Waals surface area contributed by atoms with Crippen molar-refractivity contribution in [3.63, 3.8) is 0 Å². The van der Waals surface area contributed by atoms with E-state index in [1.165, 1.54) is 13.5 Å². The number of thioether (sulfide) groups is 1. The Bertz CT molecular complexity index is 131. The maximum Gasteiger partial charge on any atom is 0.306 e. The third-order valence-electron chi connectivity index (χ3n) is 1.57. The summed E-state index contributed by atoms with van der Waals surface area (Å²) in [6.45, 7) is 4.21. The molecule has 0 aliphatic rings. The molecule has 1 N–H and O–H groups in total. The highest BCUT2D eigenvalue weighted by atomic mass is 32.2. The molecule has 0 aromatic rings. The lowest BCUT2D eigenvalue weighted by Crippen LogP contribution is -2.14. The number of carbonyl (C=O) groups excluding carboxylic acids is 1. The molecule has 0 aliphatic heterocycles. The maximum atomic E-state index is 10.7. The van der Waals surface area contributed by atoms with E-state index in [4.69, 9.17) is 0 Å². The standard InChI is InChI=1S/C9H19NO2S/c1-3-10-6-4-7-13-8-5-9(11)12-2/h10H,3-8H2,1-2H3. The van der Waals surface area contributed by atoms with Gasteiger partial charge in [-0.15, -0.1) is 0 Å². The van der Waals surface area contributed by atoms with Gasteiger partial charge in [0.1, 0.15) is 0 Å². The lowest BCUT2D eigenvalue weighted by Gasteiger charge is -2.01. The molecular formula is C9H19NO2S. The van der Waals surface area contributed by atoms with Gasteiger partial charge in [-0.05, 0) is 25.3 Å². The van der Waals surface area contributed by atoms with Gasteiger partial charge in [-0.1, -0.05) is 6.92 Å². The molecule has 0 saturated carbocycles. The summed E-state index contributed by atoms with van der Waals surface area (Å²) in [5.74, 6) is 1.88. The molecule has 0 bridgehead atoms. The molecule has 0 aliphatic carbocycles. The minimum atomic E-state index is -0.112. The first-order chi connectivity index (χ1) is 6.31. The second kappa shape index (κ2) is 9.86. The molecule has 0 radical (unpaired) electrons. The van der Waals surface area contributed by atoms with Gasteiger partial charge >= 0.3 is 5.97 Å². The van der Waals surface area contributed by atoms with Crippen LogP contribution in [0.15, 0.2) is 0 Å². The summed E-state index contributed by atoms with van der Waals surface area (Å²) >= 11 is 1.81. The van der Waals surface area contributed by atoms with Crippen molar-refractivity contribution in [1.82, 2.24) is 5.32 Å². The Morgan fingerprint density at radius 3 is 2.85 bits per heavy atom. The number of hydrogen-bond acceptors (Lipinski definition) is 4. The highest BCUT2D eigenvalue weighted by Crippen LogP contribution is 2.04. The second-order valence-electron chi connectivity index (χ2n) is 2.65. The Labute approximate surface area is 84.6 Å². The fourth-order valence-electron chi connectivity index (χ4n) is 0.836. The molecule has 0 aromatic carbocycles. The molecule has 0 heterocycles. The fraction of sp³-hybridized carbons (Fsp3) is 0.889. The predicted octanol–water partition coefficient (Wildman–Crippen LogP) is 1.28. The van der Waals surface area contributed by atoms with Crippen LogP contribution in [0.2, 0.25) is 0 Å². The first-order valence-corrected chi connectivity index (χ1v) is 5.82. The number of methoxy groups -OCH3 is 1. The number of hydrogen-bond donors (Lipinski definition) is 1. The van der Waals surface area contributed by atoms with Crippen LogP contribution < -0.4 is 5.32 Å². The van der Waals surface area contributed by atoms with Crippen molar-refractivity contribution in [2.24, 2.45) is 0 Å². The Kier molecular flexibility index (Phi) is 9.70. The molecular weight excluding hydrogens is 186 g/mol. The summed E-state index contributed by atoms with van der Waals surface area (Å²) < 4.78 is 4.53. The summed E-state index contributed by atoms with van der Waals surface area (Å²) in [6.07, 6.45) is 1.70. The topological polar surface area (TPSA) is 38.3 Å². The quantitative estimate of drug-likeness (QED) is 0.478. The molecule has 0 unspecified atom stereocenters. The second-order valence-corrected chi connectivity index (χ2v) is 3.87. The summed E-state index contributed by atoms with van der Waals surface area (Å²) in [5.41, 5.74) is 0. The van der Waals surface area contributed by atoms with Crippen LogP contribution in [0, 0.1) is 0 Å². The third kappa shape index (κ3) is 9.70. The van der Waals surface area contributed by atoms with Crippen LogP contribution in [0.25, 0.3) is 0 Å². The molecule has 0 saturated heterocycles. The van der Waals surface area contributed by atoms with Gasteiger partial charge in [0.15, 0.2) is 0 Å². The summed E-state index contributed by atoms with van der Waals surface area (Å²) in [6, 6.07) is 0. The summed E-state index contributed by atoms with van der Waals surface area (Å²) in [7, 11) is 1.43. The predicted molar refractivity (Wildman–Crippen MR) is 57.1 cm³/mol. The molecule has 78 valence electrons. The zero-order valence-corrected chi connectivity index (χ0v) is 9.28. The number of ether oxygens (including phenoxy) is 1. The van der Waals surface area contributed by atoms with E-state index in [2.05, 4.69) is 17.0 Å². The average molecular weight is 205 g/mol. The van der Waals surface area contributed by atoms with Gasteiger partial charge in [0, 0.05) is 5.75 Å². The van der Waals surface area contributed by atoms with Gasteiger partial charge in [0.2, 0.25) is 0 Å². The Morgan fingerprint density at radius 2 is 2.23 bits per heavy atom. The smallest absolute Gasteiger partial charge is 0.306 e.